The summed E-state index contributed by atoms with van der Waals surface area (Å²) >= 11 is 0. The second kappa shape index (κ2) is 8.31. The molecule has 30 heavy (non-hydrogen) atoms. The van der Waals surface area contributed by atoms with Gasteiger partial charge in [-0.2, -0.15) is 0 Å². The molecular formula is C20H19F4N5O. The molecule has 0 amide bonds. The summed E-state index contributed by atoms with van der Waals surface area (Å²) in [6, 6.07) is 6.54. The lowest BCUT2D eigenvalue weighted by atomic mass is 10.2. The van der Waals surface area contributed by atoms with Crippen LogP contribution < -0.4 is 15.8 Å². The fraction of sp³-hybridized carbons (Fsp3) is 0.300. The van der Waals surface area contributed by atoms with Gasteiger partial charge in [-0.25, -0.2) is 27.5 Å². The minimum Gasteiger partial charge on any atom is -0.487 e. The fourth-order valence-corrected chi connectivity index (χ4v) is 3.52. The molecular weight excluding hydrogens is 402 g/mol. The van der Waals surface area contributed by atoms with Crippen LogP contribution in [0, 0.1) is 11.6 Å². The van der Waals surface area contributed by atoms with Gasteiger partial charge in [0, 0.05) is 24.8 Å². The number of benzene rings is 2. The molecule has 0 spiro atoms. The highest BCUT2D eigenvalue weighted by Gasteiger charge is 2.27. The lowest BCUT2D eigenvalue weighted by Crippen LogP contribution is -2.29. The molecule has 3 aromatic rings. The van der Waals surface area contributed by atoms with Gasteiger partial charge in [-0.05, 0) is 30.7 Å². The van der Waals surface area contributed by atoms with Crippen molar-refractivity contribution in [2.45, 2.75) is 19.0 Å². The summed E-state index contributed by atoms with van der Waals surface area (Å²) in [5, 5.41) is 3.09. The van der Waals surface area contributed by atoms with Gasteiger partial charge in [0.15, 0.2) is 0 Å². The van der Waals surface area contributed by atoms with E-state index in [9.17, 15) is 17.6 Å². The highest BCUT2D eigenvalue weighted by Crippen LogP contribution is 2.33. The number of nitrogens with two attached hydrogens (primary N) is 1. The van der Waals surface area contributed by atoms with Crippen molar-refractivity contribution >= 4 is 28.1 Å². The maximum atomic E-state index is 14.5. The summed E-state index contributed by atoms with van der Waals surface area (Å²) in [5.41, 5.74) is 6.57. The maximum Gasteiger partial charge on any atom is 0.251 e. The summed E-state index contributed by atoms with van der Waals surface area (Å²) < 4.78 is 59.4. The van der Waals surface area contributed by atoms with E-state index in [-0.39, 0.29) is 35.3 Å². The molecule has 1 atom stereocenters. The van der Waals surface area contributed by atoms with Crippen LogP contribution in [0.1, 0.15) is 6.42 Å². The van der Waals surface area contributed by atoms with Gasteiger partial charge in [-0.15, -0.1) is 0 Å². The fourth-order valence-electron chi connectivity index (χ4n) is 3.52. The minimum absolute atomic E-state index is 0.131. The largest absolute Gasteiger partial charge is 0.487 e. The van der Waals surface area contributed by atoms with Crippen LogP contribution in [0.2, 0.25) is 0 Å². The quantitative estimate of drug-likeness (QED) is 0.464. The van der Waals surface area contributed by atoms with Gasteiger partial charge in [0.2, 0.25) is 0 Å². The number of likely N-dealkylation sites (tertiary alicyclic amines) is 1. The third kappa shape index (κ3) is 4.38. The molecule has 1 fully saturated rings. The molecule has 2 heterocycles. The second-order valence-corrected chi connectivity index (χ2v) is 7.06. The number of anilines is 3. The number of nitrogens with one attached hydrogen (secondary N) is 1. The van der Waals surface area contributed by atoms with Crippen molar-refractivity contribution in [2.24, 2.45) is 0 Å². The number of fused-ring (bicyclic) bond motifs is 1. The summed E-state index contributed by atoms with van der Waals surface area (Å²) in [5.74, 6) is -0.776. The first-order valence-corrected chi connectivity index (χ1v) is 9.32. The molecule has 0 radical (unpaired) electrons. The molecule has 6 nitrogen and oxygen atoms in total. The van der Waals surface area contributed by atoms with Crippen LogP contribution >= 0.6 is 0 Å². The molecule has 158 valence electrons. The van der Waals surface area contributed by atoms with Gasteiger partial charge in [-0.1, -0.05) is 0 Å². The number of nitrogen functional groups attached to an aromatic ring is 1. The summed E-state index contributed by atoms with van der Waals surface area (Å²) in [4.78, 5) is 9.71. The zero-order valence-corrected chi connectivity index (χ0v) is 15.8. The highest BCUT2D eigenvalue weighted by atomic mass is 19.3. The Morgan fingerprint density at radius 2 is 2.03 bits per heavy atom. The van der Waals surface area contributed by atoms with E-state index in [0.717, 1.165) is 6.07 Å². The lowest BCUT2D eigenvalue weighted by molar-refractivity contribution is 0.0931. The van der Waals surface area contributed by atoms with Gasteiger partial charge in [-0.3, -0.25) is 4.90 Å². The Bertz CT molecular complexity index is 1060. The third-order valence-corrected chi connectivity index (χ3v) is 4.83. The summed E-state index contributed by atoms with van der Waals surface area (Å²) in [6.45, 7) is 0.449. The average molecular weight is 421 g/mol. The van der Waals surface area contributed by atoms with Crippen LogP contribution in [0.5, 0.6) is 5.75 Å². The molecule has 1 saturated heterocycles. The molecule has 1 aliphatic heterocycles. The average Bonchev–Trinajstić information content (AvgIpc) is 3.09. The van der Waals surface area contributed by atoms with E-state index >= 15 is 0 Å². The maximum absolute atomic E-state index is 14.5. The Balaban J connectivity index is 1.60. The van der Waals surface area contributed by atoms with Gasteiger partial charge in [0.1, 0.15) is 35.6 Å². The van der Waals surface area contributed by atoms with Crippen molar-refractivity contribution in [3.05, 3.63) is 48.3 Å². The van der Waals surface area contributed by atoms with Crippen LogP contribution in [-0.2, 0) is 0 Å². The number of alkyl halides is 2. The van der Waals surface area contributed by atoms with E-state index < -0.39 is 18.1 Å². The van der Waals surface area contributed by atoms with Gasteiger partial charge >= 0.3 is 0 Å². The summed E-state index contributed by atoms with van der Waals surface area (Å²) in [7, 11) is 0. The van der Waals surface area contributed by atoms with Crippen molar-refractivity contribution < 1.29 is 22.3 Å². The first-order valence-electron chi connectivity index (χ1n) is 9.32. The van der Waals surface area contributed by atoms with Crippen LogP contribution in [0.3, 0.4) is 0 Å². The van der Waals surface area contributed by atoms with E-state index in [2.05, 4.69) is 15.3 Å². The molecule has 2 aromatic carbocycles. The minimum atomic E-state index is -2.43. The molecule has 0 saturated carbocycles. The second-order valence-electron chi connectivity index (χ2n) is 7.06. The van der Waals surface area contributed by atoms with Crippen molar-refractivity contribution in [3.8, 4) is 5.75 Å². The number of nitrogens with zero attached hydrogens (tertiary/aromatic N) is 3. The first-order chi connectivity index (χ1) is 14.4. The van der Waals surface area contributed by atoms with Crippen LogP contribution in [0.15, 0.2) is 36.7 Å². The van der Waals surface area contributed by atoms with Gasteiger partial charge < -0.3 is 15.8 Å². The SMILES string of the molecule is Nc1cc(F)c2c(Nc3ccc(F)cc3OC3CCN(CC(F)F)C3)ncnc2c1. The molecule has 1 aliphatic rings. The Hall–Kier alpha value is -3.14. The third-order valence-electron chi connectivity index (χ3n) is 4.83. The number of rotatable bonds is 6. The number of ether oxygens (including phenoxy) is 1. The van der Waals surface area contributed by atoms with E-state index in [1.165, 1.54) is 30.6 Å². The smallest absolute Gasteiger partial charge is 0.251 e. The highest BCUT2D eigenvalue weighted by molar-refractivity contribution is 5.93. The predicted molar refractivity (Wildman–Crippen MR) is 105 cm³/mol. The Morgan fingerprint density at radius 1 is 1.20 bits per heavy atom. The molecule has 1 aromatic heterocycles. The monoisotopic (exact) mass is 421 g/mol. The standard InChI is InChI=1S/C20H19F4N5O/c21-11-1-2-15(17(5-11)30-13-3-4-29(8-13)9-18(23)24)28-20-19-14(22)6-12(25)7-16(19)26-10-27-20/h1-2,5-7,10,13,18H,3-4,8-9,25H2,(H,26,27,28). The van der Waals surface area contributed by atoms with E-state index in [1.54, 1.807) is 4.90 Å². The lowest BCUT2D eigenvalue weighted by Gasteiger charge is -2.19. The van der Waals surface area contributed by atoms with Crippen LogP contribution in [0.25, 0.3) is 10.9 Å². The topological polar surface area (TPSA) is 76.3 Å². The summed E-state index contributed by atoms with van der Waals surface area (Å²) in [6.07, 6.45) is -1.00. The van der Waals surface area contributed by atoms with Crippen molar-refractivity contribution in [2.75, 3.05) is 30.7 Å². The predicted octanol–water partition coefficient (Wildman–Crippen LogP) is 3.95. The number of aromatic nitrogens is 2. The van der Waals surface area contributed by atoms with E-state index in [0.29, 0.717) is 30.7 Å². The van der Waals surface area contributed by atoms with Gasteiger partial charge in [0.25, 0.3) is 6.43 Å². The zero-order chi connectivity index (χ0) is 21.3. The van der Waals surface area contributed by atoms with Crippen LogP contribution in [-0.4, -0.2) is 47.0 Å². The normalized spacial score (nSPS) is 17.0. The Morgan fingerprint density at radius 3 is 2.83 bits per heavy atom. The van der Waals surface area contributed by atoms with Crippen LogP contribution in [0.4, 0.5) is 34.8 Å². The van der Waals surface area contributed by atoms with E-state index in [4.69, 9.17) is 10.5 Å². The van der Waals surface area contributed by atoms with Crippen molar-refractivity contribution in [3.63, 3.8) is 0 Å². The number of hydrogen-bond donors (Lipinski definition) is 2. The number of hydrogen-bond acceptors (Lipinski definition) is 6. The van der Waals surface area contributed by atoms with Gasteiger partial charge in [0.05, 0.1) is 23.1 Å². The molecule has 10 heteroatoms. The molecule has 1 unspecified atom stereocenters. The van der Waals surface area contributed by atoms with Crippen molar-refractivity contribution in [1.29, 1.82) is 0 Å². The Labute approximate surface area is 169 Å². The molecule has 3 N–H and O–H groups in total. The zero-order valence-electron chi connectivity index (χ0n) is 15.8. The Kier molecular flexibility index (Phi) is 5.58. The molecule has 4 rings (SSSR count). The first kappa shape index (κ1) is 20.1. The van der Waals surface area contributed by atoms with Crippen molar-refractivity contribution in [1.82, 2.24) is 14.9 Å². The molecule has 0 aliphatic carbocycles. The molecule has 0 bridgehead atoms. The van der Waals surface area contributed by atoms with E-state index in [1.807, 2.05) is 0 Å². The number of halogens is 4.